The van der Waals surface area contributed by atoms with Crippen LogP contribution in [0.4, 0.5) is 13.2 Å². The summed E-state index contributed by atoms with van der Waals surface area (Å²) in [5, 5.41) is 7.56. The van der Waals surface area contributed by atoms with Crippen LogP contribution in [0, 0.1) is 5.41 Å². The number of alkyl halides is 3. The number of carbonyl (C=O) groups is 1. The first kappa shape index (κ1) is 25.4. The predicted octanol–water partition coefficient (Wildman–Crippen LogP) is 2.48. The first-order valence-corrected chi connectivity index (χ1v) is 11.7. The zero-order valence-electron chi connectivity index (χ0n) is 16.3. The van der Waals surface area contributed by atoms with Gasteiger partial charge in [0.05, 0.1) is 17.2 Å². The van der Waals surface area contributed by atoms with Crippen LogP contribution in [0.1, 0.15) is 5.56 Å². The van der Waals surface area contributed by atoms with Crippen molar-refractivity contribution in [3.8, 4) is 0 Å². The van der Waals surface area contributed by atoms with E-state index in [1.807, 2.05) is 4.90 Å². The second-order valence-electron chi connectivity index (χ2n) is 6.93. The van der Waals surface area contributed by atoms with Crippen LogP contribution in [0.25, 0.3) is 0 Å². The van der Waals surface area contributed by atoms with E-state index < -0.39 is 33.3 Å². The molecule has 1 aliphatic heterocycles. The number of nitrogens with one attached hydrogen (secondary N) is 1. The number of amides is 1. The average Bonchev–Trinajstić information content (AvgIpc) is 2.66. The van der Waals surface area contributed by atoms with Crippen LogP contribution in [0.2, 0.25) is 10.0 Å². The van der Waals surface area contributed by atoms with Crippen LogP contribution >= 0.6 is 23.2 Å². The molecule has 0 spiro atoms. The van der Waals surface area contributed by atoms with Gasteiger partial charge in [-0.25, -0.2) is 8.42 Å². The summed E-state index contributed by atoms with van der Waals surface area (Å²) >= 11 is 12.3. The van der Waals surface area contributed by atoms with Crippen LogP contribution in [0.5, 0.6) is 0 Å². The molecule has 13 heteroatoms. The summed E-state index contributed by atoms with van der Waals surface area (Å²) in [6.07, 6.45) is -4.68. The number of benzene rings is 1. The maximum absolute atomic E-state index is 12.8. The summed E-state index contributed by atoms with van der Waals surface area (Å²) in [6, 6.07) is 4.71. The van der Waals surface area contributed by atoms with Gasteiger partial charge in [0.1, 0.15) is 5.71 Å². The lowest BCUT2D eigenvalue weighted by Gasteiger charge is -2.30. The Bertz CT molecular complexity index is 950. The molecule has 0 unspecified atom stereocenters. The van der Waals surface area contributed by atoms with Crippen molar-refractivity contribution in [3.05, 3.63) is 45.6 Å². The van der Waals surface area contributed by atoms with E-state index in [1.54, 1.807) is 18.2 Å². The topological polar surface area (TPSA) is 108 Å². The molecule has 172 valence electrons. The standard InChI is InChI=1S/C18H21Cl2F3N4O3S/c19-13-2-1-3-14(20)12(13)11-27(5-4-26-6-8-31(29,30)9-7-26)17(28)15(24)10-16(25)18(21,22)23/h1-3,10,25H,4-9,11,24H2/b15-10-,25-16?. The Kier molecular flexibility index (Phi) is 8.37. The molecule has 0 saturated carbocycles. The third-order valence-corrected chi connectivity index (χ3v) is 6.99. The molecule has 1 fully saturated rings. The van der Waals surface area contributed by atoms with Crippen molar-refractivity contribution in [2.75, 3.05) is 37.7 Å². The maximum atomic E-state index is 12.8. The summed E-state index contributed by atoms with van der Waals surface area (Å²) in [6.45, 7) is 0.738. The van der Waals surface area contributed by atoms with Crippen LogP contribution in [-0.2, 0) is 21.2 Å². The van der Waals surface area contributed by atoms with E-state index in [0.29, 0.717) is 5.56 Å². The number of halogens is 5. The summed E-state index contributed by atoms with van der Waals surface area (Å²) in [5.41, 5.74) is 3.44. The second-order valence-corrected chi connectivity index (χ2v) is 10.0. The Morgan fingerprint density at radius 3 is 2.29 bits per heavy atom. The maximum Gasteiger partial charge on any atom is 0.432 e. The average molecular weight is 501 g/mol. The fourth-order valence-electron chi connectivity index (χ4n) is 2.84. The van der Waals surface area contributed by atoms with Gasteiger partial charge in [0.15, 0.2) is 9.84 Å². The highest BCUT2D eigenvalue weighted by Gasteiger charge is 2.34. The molecule has 1 aromatic rings. The van der Waals surface area contributed by atoms with Gasteiger partial charge in [0.2, 0.25) is 0 Å². The molecular weight excluding hydrogens is 480 g/mol. The van der Waals surface area contributed by atoms with E-state index >= 15 is 0 Å². The van der Waals surface area contributed by atoms with Gasteiger partial charge in [0.25, 0.3) is 5.91 Å². The number of hydrogen-bond acceptors (Lipinski definition) is 6. The fraction of sp³-hybridized carbons (Fsp3) is 0.444. The Labute approximate surface area is 188 Å². The van der Waals surface area contributed by atoms with Crippen molar-refractivity contribution in [2.45, 2.75) is 12.7 Å². The number of allylic oxidation sites excluding steroid dienone is 1. The predicted molar refractivity (Wildman–Crippen MR) is 113 cm³/mol. The number of nitrogens with zero attached hydrogens (tertiary/aromatic N) is 2. The zero-order chi connectivity index (χ0) is 23.4. The van der Waals surface area contributed by atoms with E-state index in [2.05, 4.69) is 0 Å². The van der Waals surface area contributed by atoms with Gasteiger partial charge in [-0.2, -0.15) is 13.2 Å². The molecule has 31 heavy (non-hydrogen) atoms. The highest BCUT2D eigenvalue weighted by atomic mass is 35.5. The van der Waals surface area contributed by atoms with Gasteiger partial charge in [-0.05, 0) is 18.2 Å². The molecule has 1 heterocycles. The lowest BCUT2D eigenvalue weighted by molar-refractivity contribution is -0.128. The van der Waals surface area contributed by atoms with Gasteiger partial charge < -0.3 is 10.6 Å². The molecule has 0 bridgehead atoms. The molecule has 0 aromatic heterocycles. The molecule has 3 N–H and O–H groups in total. The number of rotatable bonds is 7. The Morgan fingerprint density at radius 1 is 1.23 bits per heavy atom. The van der Waals surface area contributed by atoms with Crippen LogP contribution in [0.15, 0.2) is 30.0 Å². The van der Waals surface area contributed by atoms with E-state index in [-0.39, 0.29) is 60.4 Å². The van der Waals surface area contributed by atoms with Crippen molar-refractivity contribution >= 4 is 44.7 Å². The third kappa shape index (κ3) is 7.37. The van der Waals surface area contributed by atoms with Crippen molar-refractivity contribution in [3.63, 3.8) is 0 Å². The van der Waals surface area contributed by atoms with Gasteiger partial charge in [-0.1, -0.05) is 29.3 Å². The summed E-state index contributed by atoms with van der Waals surface area (Å²) in [4.78, 5) is 15.8. The van der Waals surface area contributed by atoms with Crippen molar-refractivity contribution in [1.82, 2.24) is 9.80 Å². The van der Waals surface area contributed by atoms with E-state index in [9.17, 15) is 26.4 Å². The minimum atomic E-state index is -4.94. The van der Waals surface area contributed by atoms with Crippen molar-refractivity contribution in [2.24, 2.45) is 5.73 Å². The smallest absolute Gasteiger partial charge is 0.394 e. The number of carbonyl (C=O) groups excluding carboxylic acids is 1. The lowest BCUT2D eigenvalue weighted by atomic mass is 10.2. The molecule has 0 atom stereocenters. The van der Waals surface area contributed by atoms with Gasteiger partial charge in [-0.3, -0.25) is 15.1 Å². The molecular formula is C18H21Cl2F3N4O3S. The Balaban J connectivity index is 2.21. The lowest BCUT2D eigenvalue weighted by Crippen LogP contribution is -2.45. The van der Waals surface area contributed by atoms with Crippen molar-refractivity contribution in [1.29, 1.82) is 5.41 Å². The molecule has 0 aliphatic carbocycles. The summed E-state index contributed by atoms with van der Waals surface area (Å²) < 4.78 is 61.1. The highest BCUT2D eigenvalue weighted by molar-refractivity contribution is 7.91. The van der Waals surface area contributed by atoms with E-state index in [4.69, 9.17) is 34.3 Å². The van der Waals surface area contributed by atoms with Crippen LogP contribution in [-0.4, -0.2) is 73.7 Å². The van der Waals surface area contributed by atoms with Crippen LogP contribution in [0.3, 0.4) is 0 Å². The highest BCUT2D eigenvalue weighted by Crippen LogP contribution is 2.26. The van der Waals surface area contributed by atoms with E-state index in [1.165, 1.54) is 4.90 Å². The summed E-state index contributed by atoms with van der Waals surface area (Å²) in [5.74, 6) is -0.945. The second kappa shape index (κ2) is 10.2. The van der Waals surface area contributed by atoms with Crippen molar-refractivity contribution < 1.29 is 26.4 Å². The SMILES string of the molecule is N=C(/C=C(\N)C(=O)N(CCN1CCS(=O)(=O)CC1)Cc1c(Cl)cccc1Cl)C(F)(F)F. The Morgan fingerprint density at radius 2 is 1.77 bits per heavy atom. The largest absolute Gasteiger partial charge is 0.432 e. The first-order valence-electron chi connectivity index (χ1n) is 9.08. The molecule has 1 aromatic carbocycles. The van der Waals surface area contributed by atoms with E-state index in [0.717, 1.165) is 0 Å². The zero-order valence-corrected chi connectivity index (χ0v) is 18.6. The van der Waals surface area contributed by atoms with Gasteiger partial charge in [-0.15, -0.1) is 0 Å². The quantitative estimate of drug-likeness (QED) is 0.441. The van der Waals surface area contributed by atoms with Gasteiger partial charge in [0, 0.05) is 48.3 Å². The Hall–Kier alpha value is -1.82. The molecule has 2 rings (SSSR count). The number of hydrogen-bond donors (Lipinski definition) is 2. The molecule has 1 saturated heterocycles. The normalized spacial score (nSPS) is 17.4. The molecule has 7 nitrogen and oxygen atoms in total. The minimum Gasteiger partial charge on any atom is -0.394 e. The number of nitrogens with two attached hydrogens (primary N) is 1. The minimum absolute atomic E-state index is 0.0118. The molecule has 1 aliphatic rings. The van der Waals surface area contributed by atoms with Gasteiger partial charge >= 0.3 is 6.18 Å². The summed E-state index contributed by atoms with van der Waals surface area (Å²) in [7, 11) is -3.09. The fourth-order valence-corrected chi connectivity index (χ4v) is 4.64. The monoisotopic (exact) mass is 500 g/mol. The first-order chi connectivity index (χ1) is 14.3. The molecule has 1 amide bonds. The number of sulfone groups is 1. The third-order valence-electron chi connectivity index (χ3n) is 4.67. The molecule has 0 radical (unpaired) electrons. The van der Waals surface area contributed by atoms with Crippen LogP contribution < -0.4 is 5.73 Å².